The summed E-state index contributed by atoms with van der Waals surface area (Å²) in [5, 5.41) is 8.43. The molecule has 3 heteroatoms. The lowest BCUT2D eigenvalue weighted by atomic mass is 10.4. The van der Waals surface area contributed by atoms with E-state index in [0.717, 1.165) is 0 Å². The van der Waals surface area contributed by atoms with Gasteiger partial charge in [0.1, 0.15) is 0 Å². The van der Waals surface area contributed by atoms with Crippen molar-refractivity contribution in [2.75, 3.05) is 19.7 Å². The zero-order valence-corrected chi connectivity index (χ0v) is 5.08. The van der Waals surface area contributed by atoms with Crippen LogP contribution in [0.2, 0.25) is 0 Å². The van der Waals surface area contributed by atoms with E-state index in [1.54, 1.807) is 11.1 Å². The average molecular weight is 127 g/mol. The monoisotopic (exact) mass is 127 g/mol. The van der Waals surface area contributed by atoms with Crippen LogP contribution in [0.1, 0.15) is 0 Å². The first-order valence-corrected chi connectivity index (χ1v) is 2.89. The van der Waals surface area contributed by atoms with Gasteiger partial charge in [-0.2, -0.15) is 0 Å². The molecule has 0 saturated heterocycles. The quantitative estimate of drug-likeness (QED) is 0.537. The minimum Gasteiger partial charge on any atom is -0.395 e. The Morgan fingerprint density at radius 3 is 3.00 bits per heavy atom. The summed E-state index contributed by atoms with van der Waals surface area (Å²) in [4.78, 5) is 12.3. The highest BCUT2D eigenvalue weighted by Gasteiger charge is 2.09. The summed E-state index contributed by atoms with van der Waals surface area (Å²) in [6.07, 6.45) is 3.23. The van der Waals surface area contributed by atoms with E-state index in [-0.39, 0.29) is 12.4 Å². The van der Waals surface area contributed by atoms with Gasteiger partial charge in [0.2, 0.25) is 0 Å². The molecule has 0 amide bonds. The fourth-order valence-electron chi connectivity index (χ4n) is 0.776. The molecule has 50 valence electrons. The van der Waals surface area contributed by atoms with E-state index in [4.69, 9.17) is 5.11 Å². The molecule has 1 heterocycles. The van der Waals surface area contributed by atoms with Crippen molar-refractivity contribution in [1.29, 1.82) is 0 Å². The lowest BCUT2D eigenvalue weighted by Crippen LogP contribution is -2.21. The molecule has 3 nitrogen and oxygen atoms in total. The third kappa shape index (κ3) is 1.54. The van der Waals surface area contributed by atoms with Gasteiger partial charge in [-0.1, -0.05) is 0 Å². The summed E-state index contributed by atoms with van der Waals surface area (Å²) in [5.74, 6) is 0.114. The summed E-state index contributed by atoms with van der Waals surface area (Å²) in [5.41, 5.74) is 0. The van der Waals surface area contributed by atoms with Crippen LogP contribution >= 0.6 is 0 Å². The number of aliphatic hydroxyl groups excluding tert-OH is 1. The van der Waals surface area contributed by atoms with E-state index in [1.807, 2.05) is 0 Å². The summed E-state index contributed by atoms with van der Waals surface area (Å²) in [6, 6.07) is 0. The van der Waals surface area contributed by atoms with E-state index in [1.165, 1.54) is 6.08 Å². The molecular formula is C6H9NO2. The zero-order chi connectivity index (χ0) is 6.69. The number of rotatable bonds is 2. The van der Waals surface area contributed by atoms with Gasteiger partial charge in [0.25, 0.3) is 0 Å². The molecule has 1 N–H and O–H groups in total. The predicted octanol–water partition coefficient (Wildman–Crippen LogP) is -0.623. The Balaban J connectivity index is 2.32. The molecule has 0 aromatic carbocycles. The molecule has 0 spiro atoms. The van der Waals surface area contributed by atoms with Crippen LogP contribution in [0.15, 0.2) is 12.3 Å². The lowest BCUT2D eigenvalue weighted by molar-refractivity contribution is -0.114. The maximum Gasteiger partial charge on any atom is 0.176 e. The first-order valence-electron chi connectivity index (χ1n) is 2.89. The van der Waals surface area contributed by atoms with Gasteiger partial charge in [-0.05, 0) is 6.08 Å². The molecule has 0 aromatic heterocycles. The van der Waals surface area contributed by atoms with Gasteiger partial charge in [0.05, 0.1) is 13.2 Å². The highest BCUT2D eigenvalue weighted by molar-refractivity contribution is 5.93. The second kappa shape index (κ2) is 2.64. The SMILES string of the molecule is O=C1C=CN(CCO)C1. The van der Waals surface area contributed by atoms with E-state index < -0.39 is 0 Å². The van der Waals surface area contributed by atoms with Gasteiger partial charge in [-0.15, -0.1) is 0 Å². The average Bonchev–Trinajstić information content (AvgIpc) is 2.17. The zero-order valence-electron chi connectivity index (χ0n) is 5.08. The van der Waals surface area contributed by atoms with E-state index >= 15 is 0 Å². The number of hydrogen-bond acceptors (Lipinski definition) is 3. The van der Waals surface area contributed by atoms with E-state index in [9.17, 15) is 4.79 Å². The number of carbonyl (C=O) groups excluding carboxylic acids is 1. The lowest BCUT2D eigenvalue weighted by Gasteiger charge is -2.10. The molecule has 1 rings (SSSR count). The number of nitrogens with zero attached hydrogens (tertiary/aromatic N) is 1. The van der Waals surface area contributed by atoms with Gasteiger partial charge in [-0.3, -0.25) is 4.79 Å². The van der Waals surface area contributed by atoms with Gasteiger partial charge >= 0.3 is 0 Å². The van der Waals surface area contributed by atoms with Crippen LogP contribution in [0.25, 0.3) is 0 Å². The summed E-state index contributed by atoms with van der Waals surface area (Å²) in [7, 11) is 0. The molecule has 0 radical (unpaired) electrons. The van der Waals surface area contributed by atoms with Crippen LogP contribution in [0, 0.1) is 0 Å². The number of hydrogen-bond donors (Lipinski definition) is 1. The Labute approximate surface area is 53.6 Å². The minimum absolute atomic E-state index is 0.109. The molecule has 0 bridgehead atoms. The second-order valence-electron chi connectivity index (χ2n) is 1.98. The van der Waals surface area contributed by atoms with Crippen LogP contribution in [0.4, 0.5) is 0 Å². The molecule has 0 saturated carbocycles. The highest BCUT2D eigenvalue weighted by atomic mass is 16.3. The number of aliphatic hydroxyl groups is 1. The van der Waals surface area contributed by atoms with Crippen molar-refractivity contribution in [3.8, 4) is 0 Å². The van der Waals surface area contributed by atoms with Crippen molar-refractivity contribution in [1.82, 2.24) is 4.90 Å². The molecule has 0 unspecified atom stereocenters. The van der Waals surface area contributed by atoms with E-state index in [0.29, 0.717) is 13.1 Å². The van der Waals surface area contributed by atoms with Crippen molar-refractivity contribution in [3.05, 3.63) is 12.3 Å². The molecule has 9 heavy (non-hydrogen) atoms. The van der Waals surface area contributed by atoms with Gasteiger partial charge in [-0.25, -0.2) is 0 Å². The van der Waals surface area contributed by atoms with Crippen molar-refractivity contribution >= 4 is 5.78 Å². The van der Waals surface area contributed by atoms with Gasteiger partial charge < -0.3 is 10.0 Å². The molecule has 0 aliphatic carbocycles. The van der Waals surface area contributed by atoms with Crippen LogP contribution in [-0.2, 0) is 4.79 Å². The summed E-state index contributed by atoms with van der Waals surface area (Å²) in [6.45, 7) is 1.10. The third-order valence-corrected chi connectivity index (χ3v) is 1.22. The largest absolute Gasteiger partial charge is 0.395 e. The van der Waals surface area contributed by atoms with Crippen molar-refractivity contribution < 1.29 is 9.90 Å². The molecule has 0 atom stereocenters. The second-order valence-corrected chi connectivity index (χ2v) is 1.98. The van der Waals surface area contributed by atoms with Gasteiger partial charge in [0, 0.05) is 12.7 Å². The Hall–Kier alpha value is -0.830. The van der Waals surface area contributed by atoms with Crippen molar-refractivity contribution in [2.45, 2.75) is 0 Å². The standard InChI is InChI=1S/C6H9NO2/c8-4-3-7-2-1-6(9)5-7/h1-2,8H,3-5H2. The van der Waals surface area contributed by atoms with Crippen LogP contribution in [0.3, 0.4) is 0 Å². The first-order chi connectivity index (χ1) is 4.33. The maximum atomic E-state index is 10.5. The Bertz CT molecular complexity index is 142. The summed E-state index contributed by atoms with van der Waals surface area (Å²) < 4.78 is 0. The Kier molecular flexibility index (Phi) is 1.85. The molecule has 1 aliphatic rings. The molecular weight excluding hydrogens is 118 g/mol. The Morgan fingerprint density at radius 2 is 2.56 bits per heavy atom. The number of carbonyl (C=O) groups is 1. The number of ketones is 1. The topological polar surface area (TPSA) is 40.5 Å². The number of β-amino-alcohol motifs (C(OH)–C–C–N with tert-alkyl or cyclic N) is 1. The summed E-state index contributed by atoms with van der Waals surface area (Å²) >= 11 is 0. The molecule has 1 aliphatic heterocycles. The van der Waals surface area contributed by atoms with Crippen molar-refractivity contribution in [3.63, 3.8) is 0 Å². The van der Waals surface area contributed by atoms with Crippen LogP contribution in [-0.4, -0.2) is 35.5 Å². The molecule has 0 aromatic rings. The van der Waals surface area contributed by atoms with E-state index in [2.05, 4.69) is 0 Å². The Morgan fingerprint density at radius 1 is 1.78 bits per heavy atom. The fraction of sp³-hybridized carbons (Fsp3) is 0.500. The smallest absolute Gasteiger partial charge is 0.176 e. The predicted molar refractivity (Wildman–Crippen MR) is 32.8 cm³/mol. The fourth-order valence-corrected chi connectivity index (χ4v) is 0.776. The molecule has 0 fully saturated rings. The van der Waals surface area contributed by atoms with Crippen molar-refractivity contribution in [2.24, 2.45) is 0 Å². The van der Waals surface area contributed by atoms with Crippen LogP contribution in [0.5, 0.6) is 0 Å². The normalized spacial score (nSPS) is 17.4. The van der Waals surface area contributed by atoms with Gasteiger partial charge in [0.15, 0.2) is 5.78 Å². The van der Waals surface area contributed by atoms with Crippen LogP contribution < -0.4 is 0 Å². The third-order valence-electron chi connectivity index (χ3n) is 1.22. The first kappa shape index (κ1) is 6.29. The highest BCUT2D eigenvalue weighted by Crippen LogP contribution is 1.98. The maximum absolute atomic E-state index is 10.5. The minimum atomic E-state index is 0.109.